The van der Waals surface area contributed by atoms with Crippen molar-refractivity contribution >= 4 is 17.4 Å². The number of methoxy groups -OCH3 is 1. The van der Waals surface area contributed by atoms with Crippen LogP contribution in [0.15, 0.2) is 72.8 Å². The van der Waals surface area contributed by atoms with Crippen LogP contribution in [0.25, 0.3) is 0 Å². The Morgan fingerprint density at radius 2 is 1.57 bits per heavy atom. The van der Waals surface area contributed by atoms with E-state index in [9.17, 15) is 9.59 Å². The highest BCUT2D eigenvalue weighted by molar-refractivity contribution is 5.96. The molecule has 0 aliphatic carbocycles. The van der Waals surface area contributed by atoms with Gasteiger partial charge in [0.25, 0.3) is 0 Å². The van der Waals surface area contributed by atoms with Crippen LogP contribution in [0.1, 0.15) is 22.8 Å². The molecule has 0 unspecified atom stereocenters. The molecule has 5 nitrogen and oxygen atoms in total. The zero-order chi connectivity index (χ0) is 19.9. The highest BCUT2D eigenvalue weighted by Gasteiger charge is 2.12. The second kappa shape index (κ2) is 8.86. The zero-order valence-corrected chi connectivity index (χ0v) is 15.8. The molecule has 3 aromatic rings. The van der Waals surface area contributed by atoms with Gasteiger partial charge in [-0.15, -0.1) is 0 Å². The summed E-state index contributed by atoms with van der Waals surface area (Å²) in [5.74, 6) is 1.75. The van der Waals surface area contributed by atoms with Crippen molar-refractivity contribution in [2.24, 2.45) is 0 Å². The standard InChI is InChI=1S/C23H21NO4/c1-16(25)17-8-13-22(27-2)18(14-17)15-23(26)24-19-9-11-21(12-10-19)28-20-6-4-3-5-7-20/h3-14H,15H2,1-2H3,(H,24,26). The second-order valence-electron chi connectivity index (χ2n) is 6.25. The maximum atomic E-state index is 12.4. The maximum absolute atomic E-state index is 12.4. The minimum atomic E-state index is -0.198. The summed E-state index contributed by atoms with van der Waals surface area (Å²) in [6, 6.07) is 21.7. The second-order valence-corrected chi connectivity index (χ2v) is 6.25. The van der Waals surface area contributed by atoms with Crippen LogP contribution in [-0.4, -0.2) is 18.8 Å². The van der Waals surface area contributed by atoms with Gasteiger partial charge in [0.1, 0.15) is 17.2 Å². The SMILES string of the molecule is COc1ccc(C(C)=O)cc1CC(=O)Nc1ccc(Oc2ccccc2)cc1. The number of Topliss-reactive ketones (excluding diaryl/α,β-unsaturated/α-hetero) is 1. The van der Waals surface area contributed by atoms with Crippen molar-refractivity contribution in [3.63, 3.8) is 0 Å². The van der Waals surface area contributed by atoms with Crippen molar-refractivity contribution in [2.75, 3.05) is 12.4 Å². The van der Waals surface area contributed by atoms with Crippen molar-refractivity contribution in [2.45, 2.75) is 13.3 Å². The molecule has 0 atom stereocenters. The highest BCUT2D eigenvalue weighted by atomic mass is 16.5. The van der Waals surface area contributed by atoms with Crippen LogP contribution < -0.4 is 14.8 Å². The van der Waals surface area contributed by atoms with E-state index < -0.39 is 0 Å². The molecule has 0 saturated heterocycles. The summed E-state index contributed by atoms with van der Waals surface area (Å²) in [5.41, 5.74) is 1.87. The molecular formula is C23H21NO4. The van der Waals surface area contributed by atoms with E-state index in [1.165, 1.54) is 14.0 Å². The number of hydrogen-bond acceptors (Lipinski definition) is 4. The molecule has 142 valence electrons. The van der Waals surface area contributed by atoms with Crippen LogP contribution in [0, 0.1) is 0 Å². The lowest BCUT2D eigenvalue weighted by molar-refractivity contribution is -0.115. The van der Waals surface area contributed by atoms with Gasteiger partial charge in [0.2, 0.25) is 5.91 Å². The molecule has 5 heteroatoms. The third-order valence-electron chi connectivity index (χ3n) is 4.15. The molecule has 0 aliphatic heterocycles. The Labute approximate surface area is 163 Å². The zero-order valence-electron chi connectivity index (χ0n) is 15.8. The van der Waals surface area contributed by atoms with E-state index in [4.69, 9.17) is 9.47 Å². The number of anilines is 1. The number of rotatable bonds is 7. The Kier molecular flexibility index (Phi) is 6.07. The first-order chi connectivity index (χ1) is 13.5. The number of carbonyl (C=O) groups is 2. The quantitative estimate of drug-likeness (QED) is 0.598. The van der Waals surface area contributed by atoms with Crippen molar-refractivity contribution < 1.29 is 19.1 Å². The normalized spacial score (nSPS) is 10.2. The fourth-order valence-corrected chi connectivity index (χ4v) is 2.74. The van der Waals surface area contributed by atoms with E-state index in [1.807, 2.05) is 30.3 Å². The smallest absolute Gasteiger partial charge is 0.228 e. The van der Waals surface area contributed by atoms with Crippen LogP contribution in [0.5, 0.6) is 17.2 Å². The number of ether oxygens (including phenoxy) is 2. The molecule has 0 spiro atoms. The molecular weight excluding hydrogens is 354 g/mol. The topological polar surface area (TPSA) is 64.6 Å². The van der Waals surface area contributed by atoms with Crippen LogP contribution in [0.2, 0.25) is 0 Å². The van der Waals surface area contributed by atoms with Gasteiger partial charge in [-0.3, -0.25) is 9.59 Å². The Morgan fingerprint density at radius 3 is 2.21 bits per heavy atom. The third-order valence-corrected chi connectivity index (χ3v) is 4.15. The van der Waals surface area contributed by atoms with Crippen molar-refractivity contribution in [1.29, 1.82) is 0 Å². The molecule has 3 aromatic carbocycles. The number of benzene rings is 3. The highest BCUT2D eigenvalue weighted by Crippen LogP contribution is 2.24. The molecule has 0 bridgehead atoms. The predicted octanol–water partition coefficient (Wildman–Crippen LogP) is 4.87. The molecule has 0 heterocycles. The number of amides is 1. The summed E-state index contributed by atoms with van der Waals surface area (Å²) in [6.07, 6.45) is 0.104. The largest absolute Gasteiger partial charge is 0.496 e. The van der Waals surface area contributed by atoms with Gasteiger partial charge in [-0.1, -0.05) is 18.2 Å². The van der Waals surface area contributed by atoms with Gasteiger partial charge < -0.3 is 14.8 Å². The van der Waals surface area contributed by atoms with Gasteiger partial charge >= 0.3 is 0 Å². The first kappa shape index (κ1) is 19.2. The average Bonchev–Trinajstić information content (AvgIpc) is 2.70. The van der Waals surface area contributed by atoms with Gasteiger partial charge in [0.05, 0.1) is 13.5 Å². The summed E-state index contributed by atoms with van der Waals surface area (Å²) in [6.45, 7) is 1.49. The summed E-state index contributed by atoms with van der Waals surface area (Å²) in [4.78, 5) is 24.0. The van der Waals surface area contributed by atoms with Crippen LogP contribution in [0.4, 0.5) is 5.69 Å². The van der Waals surface area contributed by atoms with Crippen LogP contribution in [0.3, 0.4) is 0 Å². The van der Waals surface area contributed by atoms with E-state index in [0.717, 1.165) is 5.75 Å². The van der Waals surface area contributed by atoms with Crippen molar-refractivity contribution in [3.05, 3.63) is 83.9 Å². The average molecular weight is 375 g/mol. The molecule has 0 radical (unpaired) electrons. The van der Waals surface area contributed by atoms with Gasteiger partial charge in [0, 0.05) is 16.8 Å². The van der Waals surface area contributed by atoms with Gasteiger partial charge in [-0.25, -0.2) is 0 Å². The minimum Gasteiger partial charge on any atom is -0.496 e. The first-order valence-electron chi connectivity index (χ1n) is 8.86. The number of para-hydroxylation sites is 1. The lowest BCUT2D eigenvalue weighted by atomic mass is 10.0. The number of ketones is 1. The molecule has 1 amide bonds. The molecule has 0 saturated carbocycles. The number of hydrogen-bond donors (Lipinski definition) is 1. The van der Waals surface area contributed by atoms with E-state index in [0.29, 0.717) is 28.3 Å². The van der Waals surface area contributed by atoms with Gasteiger partial charge in [0.15, 0.2) is 5.78 Å². The fourth-order valence-electron chi connectivity index (χ4n) is 2.74. The minimum absolute atomic E-state index is 0.0571. The molecule has 0 aromatic heterocycles. The van der Waals surface area contributed by atoms with Crippen LogP contribution in [-0.2, 0) is 11.2 Å². The molecule has 0 aliphatic rings. The number of nitrogens with one attached hydrogen (secondary N) is 1. The summed E-state index contributed by atoms with van der Waals surface area (Å²) in [5, 5.41) is 2.85. The van der Waals surface area contributed by atoms with Gasteiger partial charge in [-0.05, 0) is 61.5 Å². The summed E-state index contributed by atoms with van der Waals surface area (Å²) < 4.78 is 11.0. The predicted molar refractivity (Wildman–Crippen MR) is 108 cm³/mol. The van der Waals surface area contributed by atoms with Crippen molar-refractivity contribution in [1.82, 2.24) is 0 Å². The summed E-state index contributed by atoms with van der Waals surface area (Å²) >= 11 is 0. The van der Waals surface area contributed by atoms with Gasteiger partial charge in [-0.2, -0.15) is 0 Å². The van der Waals surface area contributed by atoms with E-state index in [1.54, 1.807) is 42.5 Å². The van der Waals surface area contributed by atoms with E-state index in [2.05, 4.69) is 5.32 Å². The Bertz CT molecular complexity index is 966. The Hall–Kier alpha value is -3.60. The first-order valence-corrected chi connectivity index (χ1v) is 8.86. The van der Waals surface area contributed by atoms with Crippen molar-refractivity contribution in [3.8, 4) is 17.2 Å². The molecule has 0 fully saturated rings. The lowest BCUT2D eigenvalue weighted by Crippen LogP contribution is -2.15. The van der Waals surface area contributed by atoms with E-state index >= 15 is 0 Å². The molecule has 28 heavy (non-hydrogen) atoms. The number of carbonyl (C=O) groups excluding carboxylic acids is 2. The van der Waals surface area contributed by atoms with E-state index in [-0.39, 0.29) is 18.1 Å². The maximum Gasteiger partial charge on any atom is 0.228 e. The Balaban J connectivity index is 1.65. The lowest BCUT2D eigenvalue weighted by Gasteiger charge is -2.11. The Morgan fingerprint density at radius 1 is 0.893 bits per heavy atom. The summed E-state index contributed by atoms with van der Waals surface area (Å²) in [7, 11) is 1.54. The van der Waals surface area contributed by atoms with Crippen LogP contribution >= 0.6 is 0 Å². The molecule has 1 N–H and O–H groups in total. The monoisotopic (exact) mass is 375 g/mol. The fraction of sp³-hybridized carbons (Fsp3) is 0.130. The molecule has 3 rings (SSSR count). The third kappa shape index (κ3) is 4.98.